The van der Waals surface area contributed by atoms with Crippen LogP contribution in [0, 0.1) is 17.2 Å². The molecule has 1 N–H and O–H groups in total. The van der Waals surface area contributed by atoms with Crippen LogP contribution in [-0.4, -0.2) is 42.9 Å². The second-order valence-electron chi connectivity index (χ2n) is 7.02. The summed E-state index contributed by atoms with van der Waals surface area (Å²) in [5.41, 5.74) is 1.26. The minimum absolute atomic E-state index is 0.0127. The molecular weight excluding hydrogens is 378 g/mol. The summed E-state index contributed by atoms with van der Waals surface area (Å²) in [6, 6.07) is 5.92. The van der Waals surface area contributed by atoms with Gasteiger partial charge >= 0.3 is 0 Å². The van der Waals surface area contributed by atoms with Crippen molar-refractivity contribution in [2.75, 3.05) is 19.8 Å². The molecule has 1 amide bonds. The predicted molar refractivity (Wildman–Crippen MR) is 107 cm³/mol. The van der Waals surface area contributed by atoms with Gasteiger partial charge in [-0.05, 0) is 44.7 Å². The van der Waals surface area contributed by atoms with Gasteiger partial charge in [-0.2, -0.15) is 5.26 Å². The summed E-state index contributed by atoms with van der Waals surface area (Å²) >= 11 is 1.37. The van der Waals surface area contributed by atoms with Gasteiger partial charge in [0.05, 0.1) is 36.1 Å². The van der Waals surface area contributed by atoms with Crippen LogP contribution in [0.3, 0.4) is 0 Å². The fourth-order valence-corrected chi connectivity index (χ4v) is 4.15. The molecule has 0 bridgehead atoms. The highest BCUT2D eigenvalue weighted by Gasteiger charge is 2.31. The van der Waals surface area contributed by atoms with E-state index in [1.807, 2.05) is 19.9 Å². The number of rotatable bonds is 9. The average Bonchev–Trinajstić information content (AvgIpc) is 3.01. The predicted octanol–water partition coefficient (Wildman–Crippen LogP) is 3.27. The number of nitriles is 1. The molecule has 2 aromatic rings. The highest BCUT2D eigenvalue weighted by molar-refractivity contribution is 7.20. The number of nitrogens with one attached hydrogen (secondary N) is 1. The second-order valence-corrected chi connectivity index (χ2v) is 7.98. The number of carbonyl (C=O) groups is 1. The van der Waals surface area contributed by atoms with Crippen molar-refractivity contribution in [3.05, 3.63) is 17.7 Å². The second kappa shape index (κ2) is 9.22. The molecule has 28 heavy (non-hydrogen) atoms. The van der Waals surface area contributed by atoms with Crippen LogP contribution < -0.4 is 14.8 Å². The summed E-state index contributed by atoms with van der Waals surface area (Å²) in [4.78, 5) is 15.4. The number of amides is 1. The van der Waals surface area contributed by atoms with Crippen molar-refractivity contribution in [3.8, 4) is 17.0 Å². The van der Waals surface area contributed by atoms with Gasteiger partial charge in [-0.1, -0.05) is 11.3 Å². The van der Waals surface area contributed by atoms with E-state index in [0.29, 0.717) is 42.2 Å². The lowest BCUT2D eigenvalue weighted by atomic mass is 9.83. The topological polar surface area (TPSA) is 93.5 Å². The van der Waals surface area contributed by atoms with Crippen molar-refractivity contribution >= 4 is 27.5 Å². The van der Waals surface area contributed by atoms with Crippen molar-refractivity contribution in [2.45, 2.75) is 45.8 Å². The van der Waals surface area contributed by atoms with Crippen LogP contribution in [0.15, 0.2) is 12.1 Å². The average molecular weight is 404 g/mol. The lowest BCUT2D eigenvalue weighted by Crippen LogP contribution is -2.40. The zero-order chi connectivity index (χ0) is 20.1. The van der Waals surface area contributed by atoms with E-state index in [1.54, 1.807) is 6.07 Å². The van der Waals surface area contributed by atoms with E-state index in [0.717, 1.165) is 23.1 Å². The summed E-state index contributed by atoms with van der Waals surface area (Å²) in [5, 5.41) is 13.0. The van der Waals surface area contributed by atoms with Crippen LogP contribution in [0.4, 0.5) is 0 Å². The molecule has 1 saturated carbocycles. The molecule has 0 unspecified atom stereocenters. The van der Waals surface area contributed by atoms with Crippen LogP contribution in [0.1, 0.15) is 39.2 Å². The van der Waals surface area contributed by atoms with Gasteiger partial charge in [-0.25, -0.2) is 4.98 Å². The maximum Gasteiger partial charge on any atom is 0.274 e. The Kier molecular flexibility index (Phi) is 6.70. The van der Waals surface area contributed by atoms with Crippen molar-refractivity contribution < 1.29 is 19.0 Å². The van der Waals surface area contributed by atoms with Crippen LogP contribution in [0.2, 0.25) is 0 Å². The SMILES string of the molecule is CCOc1nc2ccc(OC[C@H]3C[C@H](OC[C@H](C)NC(C)=O)C3)c(C#N)c2s1. The fraction of sp³-hybridized carbons (Fsp3) is 0.550. The molecule has 3 rings (SSSR count). The van der Waals surface area contributed by atoms with E-state index in [9.17, 15) is 10.1 Å². The molecule has 0 aliphatic heterocycles. The molecule has 1 aliphatic carbocycles. The van der Waals surface area contributed by atoms with Crippen molar-refractivity contribution in [2.24, 2.45) is 5.92 Å². The molecule has 0 radical (unpaired) electrons. The Balaban J connectivity index is 1.50. The zero-order valence-corrected chi connectivity index (χ0v) is 17.2. The smallest absolute Gasteiger partial charge is 0.274 e. The third kappa shape index (κ3) is 4.91. The summed E-state index contributed by atoms with van der Waals surface area (Å²) in [5.74, 6) is 0.949. The molecular formula is C20H25N3O4S. The third-order valence-electron chi connectivity index (χ3n) is 4.58. The lowest BCUT2D eigenvalue weighted by molar-refractivity contribution is -0.120. The normalized spacial score (nSPS) is 19.5. The number of nitrogens with zero attached hydrogens (tertiary/aromatic N) is 2. The Bertz CT molecular complexity index is 870. The quantitative estimate of drug-likeness (QED) is 0.691. The first-order chi connectivity index (χ1) is 13.5. The Labute approximate surface area is 168 Å². The summed E-state index contributed by atoms with van der Waals surface area (Å²) in [6.45, 7) is 6.95. The maximum atomic E-state index is 11.0. The number of aromatic nitrogens is 1. The molecule has 8 heteroatoms. The first-order valence-electron chi connectivity index (χ1n) is 9.48. The number of hydrogen-bond donors (Lipinski definition) is 1. The molecule has 1 aromatic carbocycles. The number of carbonyl (C=O) groups excluding carboxylic acids is 1. The number of fused-ring (bicyclic) bond motifs is 1. The minimum Gasteiger partial charge on any atom is -0.492 e. The summed E-state index contributed by atoms with van der Waals surface area (Å²) in [6.07, 6.45) is 2.05. The van der Waals surface area contributed by atoms with E-state index in [1.165, 1.54) is 18.3 Å². The van der Waals surface area contributed by atoms with Crippen molar-refractivity contribution in [1.82, 2.24) is 10.3 Å². The van der Waals surface area contributed by atoms with Crippen LogP contribution >= 0.6 is 11.3 Å². The fourth-order valence-electron chi connectivity index (χ4n) is 3.19. The zero-order valence-electron chi connectivity index (χ0n) is 16.4. The molecule has 1 aromatic heterocycles. The molecule has 1 aliphatic rings. The highest BCUT2D eigenvalue weighted by atomic mass is 32.1. The first-order valence-corrected chi connectivity index (χ1v) is 10.3. The van der Waals surface area contributed by atoms with E-state index < -0.39 is 0 Å². The van der Waals surface area contributed by atoms with Crippen LogP contribution in [0.25, 0.3) is 10.2 Å². The lowest BCUT2D eigenvalue weighted by Gasteiger charge is -2.35. The third-order valence-corrected chi connectivity index (χ3v) is 5.58. The molecule has 150 valence electrons. The van der Waals surface area contributed by atoms with Gasteiger partial charge in [-0.15, -0.1) is 0 Å². The Hall–Kier alpha value is -2.37. The van der Waals surface area contributed by atoms with E-state index in [-0.39, 0.29) is 18.1 Å². The summed E-state index contributed by atoms with van der Waals surface area (Å²) < 4.78 is 18.0. The Morgan fingerprint density at radius 2 is 2.21 bits per heavy atom. The minimum atomic E-state index is -0.0458. The highest BCUT2D eigenvalue weighted by Crippen LogP contribution is 2.36. The van der Waals surface area contributed by atoms with Crippen molar-refractivity contribution in [1.29, 1.82) is 5.26 Å². The van der Waals surface area contributed by atoms with Gasteiger partial charge in [-0.3, -0.25) is 4.79 Å². The number of benzene rings is 1. The first kappa shape index (κ1) is 20.4. The van der Waals surface area contributed by atoms with E-state index in [4.69, 9.17) is 14.2 Å². The Morgan fingerprint density at radius 3 is 2.89 bits per heavy atom. The van der Waals surface area contributed by atoms with Gasteiger partial charge in [0.25, 0.3) is 5.19 Å². The van der Waals surface area contributed by atoms with Gasteiger partial charge in [0, 0.05) is 13.0 Å². The molecule has 7 nitrogen and oxygen atoms in total. The number of hydrogen-bond acceptors (Lipinski definition) is 7. The summed E-state index contributed by atoms with van der Waals surface area (Å²) in [7, 11) is 0. The van der Waals surface area contributed by atoms with E-state index in [2.05, 4.69) is 16.4 Å². The van der Waals surface area contributed by atoms with Crippen LogP contribution in [-0.2, 0) is 9.53 Å². The van der Waals surface area contributed by atoms with Crippen molar-refractivity contribution in [3.63, 3.8) is 0 Å². The molecule has 1 heterocycles. The maximum absolute atomic E-state index is 11.0. The molecule has 0 saturated heterocycles. The Morgan fingerprint density at radius 1 is 1.43 bits per heavy atom. The van der Waals surface area contributed by atoms with E-state index >= 15 is 0 Å². The number of ether oxygens (including phenoxy) is 3. The van der Waals surface area contributed by atoms with Gasteiger partial charge < -0.3 is 19.5 Å². The molecule has 0 spiro atoms. The van der Waals surface area contributed by atoms with Crippen LogP contribution in [0.5, 0.6) is 10.9 Å². The monoisotopic (exact) mass is 403 g/mol. The van der Waals surface area contributed by atoms with Gasteiger partial charge in [0.15, 0.2) is 0 Å². The largest absolute Gasteiger partial charge is 0.492 e. The van der Waals surface area contributed by atoms with Gasteiger partial charge in [0.2, 0.25) is 5.91 Å². The number of thiazole rings is 1. The molecule has 1 fully saturated rings. The molecule has 1 atom stereocenters. The van der Waals surface area contributed by atoms with Gasteiger partial charge in [0.1, 0.15) is 17.4 Å². The standard InChI is InChI=1S/C20H25N3O4S/c1-4-25-20-23-17-5-6-18(16(9-21)19(17)28-20)27-11-14-7-15(8-14)26-10-12(2)22-13(3)24/h5-6,12,14-15H,4,7-8,10-11H2,1-3H3,(H,22,24)/t12-,14-,15-/m0/s1.